The normalized spacial score (nSPS) is 10.6. The third-order valence-electron chi connectivity index (χ3n) is 4.38. The average Bonchev–Trinajstić information content (AvgIpc) is 3.31. The lowest BCUT2D eigenvalue weighted by Crippen LogP contribution is -2.13. The molecule has 0 bridgehead atoms. The lowest BCUT2D eigenvalue weighted by atomic mass is 10.2. The van der Waals surface area contributed by atoms with Gasteiger partial charge in [-0.25, -0.2) is 9.37 Å². The Hall–Kier alpha value is -3.16. The van der Waals surface area contributed by atoms with Gasteiger partial charge in [0.2, 0.25) is 0 Å². The fourth-order valence-electron chi connectivity index (χ4n) is 2.90. The topological polar surface area (TPSA) is 51.2 Å². The number of benzene rings is 3. The highest BCUT2D eigenvalue weighted by molar-refractivity contribution is 7.98. The number of nitrogens with one attached hydrogen (secondary N) is 1. The zero-order valence-corrected chi connectivity index (χ0v) is 18.1. The Morgan fingerprint density at radius 2 is 1.94 bits per heavy atom. The van der Waals surface area contributed by atoms with Crippen LogP contribution < -0.4 is 10.1 Å². The van der Waals surface area contributed by atoms with Crippen molar-refractivity contribution in [2.24, 2.45) is 0 Å². The number of carbonyl (C=O) groups is 1. The number of rotatable bonds is 8. The largest absolute Gasteiger partial charge is 0.489 e. The molecule has 1 aromatic heterocycles. The lowest BCUT2D eigenvalue weighted by Gasteiger charge is -2.11. The molecule has 0 aliphatic carbocycles. The molecule has 0 saturated heterocycles. The van der Waals surface area contributed by atoms with Crippen LogP contribution >= 0.6 is 23.1 Å². The predicted molar refractivity (Wildman–Crippen MR) is 123 cm³/mol. The quantitative estimate of drug-likeness (QED) is 0.315. The first kappa shape index (κ1) is 21.1. The van der Waals surface area contributed by atoms with E-state index in [4.69, 9.17) is 4.74 Å². The standard InChI is InChI=1S/C24H19FN2O2S2/c25-18-6-3-5-17(11-18)13-29-21-8-4-7-19(12-21)27-24(28)22-9-1-2-10-23(22)31-15-20-14-30-16-26-20/h1-12,14,16H,13,15H2,(H,27,28). The molecule has 0 fully saturated rings. The van der Waals surface area contributed by atoms with E-state index in [1.807, 2.05) is 29.6 Å². The van der Waals surface area contributed by atoms with Gasteiger partial charge in [0, 0.05) is 27.8 Å². The molecule has 31 heavy (non-hydrogen) atoms. The summed E-state index contributed by atoms with van der Waals surface area (Å²) in [6, 6.07) is 20.9. The third-order valence-corrected chi connectivity index (χ3v) is 6.12. The molecule has 0 unspecified atom stereocenters. The second-order valence-corrected chi connectivity index (χ2v) is 8.40. The summed E-state index contributed by atoms with van der Waals surface area (Å²) in [5.41, 5.74) is 4.77. The van der Waals surface area contributed by atoms with Crippen LogP contribution in [0.4, 0.5) is 10.1 Å². The summed E-state index contributed by atoms with van der Waals surface area (Å²) in [5.74, 6) is 0.808. The number of nitrogens with zero attached hydrogens (tertiary/aromatic N) is 1. The van der Waals surface area contributed by atoms with Crippen LogP contribution in [0.25, 0.3) is 0 Å². The minimum atomic E-state index is -0.298. The van der Waals surface area contributed by atoms with Crippen LogP contribution in [0.5, 0.6) is 5.75 Å². The molecule has 0 aliphatic heterocycles. The fourth-order valence-corrected chi connectivity index (χ4v) is 4.51. The van der Waals surface area contributed by atoms with Crippen LogP contribution in [-0.2, 0) is 12.4 Å². The van der Waals surface area contributed by atoms with E-state index in [1.165, 1.54) is 12.1 Å². The van der Waals surface area contributed by atoms with E-state index in [0.29, 0.717) is 22.8 Å². The zero-order chi connectivity index (χ0) is 21.5. The van der Waals surface area contributed by atoms with Crippen molar-refractivity contribution in [1.82, 2.24) is 4.98 Å². The van der Waals surface area contributed by atoms with Crippen molar-refractivity contribution < 1.29 is 13.9 Å². The van der Waals surface area contributed by atoms with Crippen LogP contribution in [0, 0.1) is 5.82 Å². The lowest BCUT2D eigenvalue weighted by molar-refractivity contribution is 0.102. The molecule has 0 radical (unpaired) electrons. The van der Waals surface area contributed by atoms with Gasteiger partial charge in [-0.2, -0.15) is 0 Å². The van der Waals surface area contributed by atoms with Crippen molar-refractivity contribution in [2.45, 2.75) is 17.3 Å². The Morgan fingerprint density at radius 1 is 1.06 bits per heavy atom. The highest BCUT2D eigenvalue weighted by Gasteiger charge is 2.12. The molecule has 156 valence electrons. The van der Waals surface area contributed by atoms with E-state index in [0.717, 1.165) is 16.2 Å². The Labute approximate surface area is 188 Å². The molecule has 0 saturated carbocycles. The van der Waals surface area contributed by atoms with Gasteiger partial charge in [0.25, 0.3) is 5.91 Å². The van der Waals surface area contributed by atoms with Crippen molar-refractivity contribution in [2.75, 3.05) is 5.32 Å². The molecule has 1 N–H and O–H groups in total. The first-order chi connectivity index (χ1) is 15.2. The number of anilines is 1. The number of carbonyl (C=O) groups excluding carboxylic acids is 1. The maximum atomic E-state index is 13.3. The van der Waals surface area contributed by atoms with Gasteiger partial charge in [-0.15, -0.1) is 23.1 Å². The highest BCUT2D eigenvalue weighted by atomic mass is 32.2. The summed E-state index contributed by atoms with van der Waals surface area (Å²) in [6.07, 6.45) is 0. The van der Waals surface area contributed by atoms with Crippen molar-refractivity contribution in [3.05, 3.63) is 106 Å². The molecule has 3 aromatic carbocycles. The number of hydrogen-bond acceptors (Lipinski definition) is 5. The van der Waals surface area contributed by atoms with Crippen molar-refractivity contribution in [3.8, 4) is 5.75 Å². The maximum absolute atomic E-state index is 13.3. The molecule has 0 spiro atoms. The molecular weight excluding hydrogens is 431 g/mol. The van der Waals surface area contributed by atoms with Gasteiger partial charge in [0.1, 0.15) is 18.2 Å². The molecule has 4 aromatic rings. The number of thioether (sulfide) groups is 1. The van der Waals surface area contributed by atoms with Crippen LogP contribution in [0.1, 0.15) is 21.6 Å². The van der Waals surface area contributed by atoms with E-state index in [9.17, 15) is 9.18 Å². The molecule has 1 amide bonds. The Balaban J connectivity index is 1.41. The van der Waals surface area contributed by atoms with E-state index in [-0.39, 0.29) is 18.3 Å². The summed E-state index contributed by atoms with van der Waals surface area (Å²) in [6.45, 7) is 0.241. The second kappa shape index (κ2) is 10.2. The number of thiazole rings is 1. The summed E-state index contributed by atoms with van der Waals surface area (Å²) < 4.78 is 19.1. The van der Waals surface area contributed by atoms with Crippen LogP contribution in [0.3, 0.4) is 0 Å². The molecule has 7 heteroatoms. The van der Waals surface area contributed by atoms with E-state index >= 15 is 0 Å². The average molecular weight is 451 g/mol. The van der Waals surface area contributed by atoms with Gasteiger partial charge < -0.3 is 10.1 Å². The number of halogens is 1. The SMILES string of the molecule is O=C(Nc1cccc(OCc2cccc(F)c2)c1)c1ccccc1SCc1cscn1. The smallest absolute Gasteiger partial charge is 0.256 e. The first-order valence-electron chi connectivity index (χ1n) is 9.55. The third kappa shape index (κ3) is 5.93. The van der Waals surface area contributed by atoms with Gasteiger partial charge in [-0.1, -0.05) is 30.3 Å². The first-order valence-corrected chi connectivity index (χ1v) is 11.5. The Bertz CT molecular complexity index is 1170. The summed E-state index contributed by atoms with van der Waals surface area (Å²) in [7, 11) is 0. The number of hydrogen-bond donors (Lipinski definition) is 1. The van der Waals surface area contributed by atoms with E-state index in [2.05, 4.69) is 10.3 Å². The summed E-state index contributed by atoms with van der Waals surface area (Å²) in [4.78, 5) is 18.1. The van der Waals surface area contributed by atoms with Gasteiger partial charge in [-0.3, -0.25) is 4.79 Å². The second-order valence-electron chi connectivity index (χ2n) is 6.67. The van der Waals surface area contributed by atoms with Crippen LogP contribution in [0.15, 0.2) is 88.6 Å². The fraction of sp³-hybridized carbons (Fsp3) is 0.0833. The molecule has 1 heterocycles. The minimum Gasteiger partial charge on any atom is -0.489 e. The monoisotopic (exact) mass is 450 g/mol. The van der Waals surface area contributed by atoms with Crippen molar-refractivity contribution >= 4 is 34.7 Å². The minimum absolute atomic E-state index is 0.191. The summed E-state index contributed by atoms with van der Waals surface area (Å²) in [5, 5.41) is 4.94. The molecule has 0 aliphatic rings. The summed E-state index contributed by atoms with van der Waals surface area (Å²) >= 11 is 3.14. The van der Waals surface area contributed by atoms with Crippen molar-refractivity contribution in [1.29, 1.82) is 0 Å². The van der Waals surface area contributed by atoms with Gasteiger partial charge in [-0.05, 0) is 42.0 Å². The van der Waals surface area contributed by atoms with Crippen LogP contribution in [0.2, 0.25) is 0 Å². The maximum Gasteiger partial charge on any atom is 0.256 e. The number of amides is 1. The predicted octanol–water partition coefficient (Wildman–Crippen LogP) is 6.41. The highest BCUT2D eigenvalue weighted by Crippen LogP contribution is 2.27. The van der Waals surface area contributed by atoms with Crippen LogP contribution in [-0.4, -0.2) is 10.9 Å². The molecule has 4 nitrogen and oxygen atoms in total. The van der Waals surface area contributed by atoms with E-state index in [1.54, 1.807) is 65.0 Å². The molecule has 4 rings (SSSR count). The van der Waals surface area contributed by atoms with Crippen molar-refractivity contribution in [3.63, 3.8) is 0 Å². The van der Waals surface area contributed by atoms with E-state index < -0.39 is 0 Å². The number of aromatic nitrogens is 1. The Kier molecular flexibility index (Phi) is 6.96. The molecular formula is C24H19FN2O2S2. The van der Waals surface area contributed by atoms with Gasteiger partial charge in [0.05, 0.1) is 16.8 Å². The Morgan fingerprint density at radius 3 is 2.77 bits per heavy atom. The van der Waals surface area contributed by atoms with Gasteiger partial charge in [0.15, 0.2) is 0 Å². The zero-order valence-electron chi connectivity index (χ0n) is 16.5. The number of ether oxygens (including phenoxy) is 1. The van der Waals surface area contributed by atoms with Gasteiger partial charge >= 0.3 is 0 Å². The molecule has 0 atom stereocenters.